The van der Waals surface area contributed by atoms with Crippen LogP contribution in [0.3, 0.4) is 0 Å². The summed E-state index contributed by atoms with van der Waals surface area (Å²) in [6, 6.07) is 0. The van der Waals surface area contributed by atoms with E-state index in [2.05, 4.69) is 15.0 Å². The summed E-state index contributed by atoms with van der Waals surface area (Å²) >= 11 is 1.23. The highest BCUT2D eigenvalue weighted by molar-refractivity contribution is 7.99. The van der Waals surface area contributed by atoms with Crippen LogP contribution in [0.4, 0.5) is 5.69 Å². The summed E-state index contributed by atoms with van der Waals surface area (Å²) in [6.07, 6.45) is 2.95. The molecule has 0 saturated heterocycles. The average Bonchev–Trinajstić information content (AvgIpc) is 2.67. The zero-order valence-corrected chi connectivity index (χ0v) is 9.61. The molecule has 0 fully saturated rings. The molecule has 0 radical (unpaired) electrons. The lowest BCUT2D eigenvalue weighted by Gasteiger charge is -2.04. The van der Waals surface area contributed by atoms with Gasteiger partial charge in [0, 0.05) is 0 Å². The maximum Gasteiger partial charge on any atom is 0.262 e. The van der Waals surface area contributed by atoms with Crippen molar-refractivity contribution in [3.05, 3.63) is 18.3 Å². The summed E-state index contributed by atoms with van der Waals surface area (Å²) in [7, 11) is 1.50. The summed E-state index contributed by atoms with van der Waals surface area (Å²) in [5.41, 5.74) is 7.00. The molecule has 6 nitrogen and oxygen atoms in total. The number of nitrogens with two attached hydrogens (primary N) is 1. The molecule has 84 valence electrons. The number of nitrogens with zero attached hydrogens (tertiary/aromatic N) is 3. The molecule has 2 rings (SSSR count). The van der Waals surface area contributed by atoms with Crippen molar-refractivity contribution in [2.45, 2.75) is 17.2 Å². The highest BCUT2D eigenvalue weighted by atomic mass is 32.2. The van der Waals surface area contributed by atoms with Crippen LogP contribution in [0.25, 0.3) is 0 Å². The van der Waals surface area contributed by atoms with Crippen LogP contribution in [0.15, 0.2) is 27.3 Å². The Kier molecular flexibility index (Phi) is 2.95. The van der Waals surface area contributed by atoms with Crippen LogP contribution in [0, 0.1) is 6.92 Å². The van der Waals surface area contributed by atoms with E-state index in [1.807, 2.05) is 6.92 Å². The fraction of sp³-hybridized carbons (Fsp3) is 0.222. The predicted molar refractivity (Wildman–Crippen MR) is 58.4 cm³/mol. The van der Waals surface area contributed by atoms with Gasteiger partial charge in [0.25, 0.3) is 5.22 Å². The Hall–Kier alpha value is -1.76. The lowest BCUT2D eigenvalue weighted by molar-refractivity contribution is 0.397. The third-order valence-electron chi connectivity index (χ3n) is 1.79. The Labute approximate surface area is 96.2 Å². The van der Waals surface area contributed by atoms with E-state index in [4.69, 9.17) is 14.9 Å². The summed E-state index contributed by atoms with van der Waals surface area (Å²) < 4.78 is 10.2. The van der Waals surface area contributed by atoms with Gasteiger partial charge >= 0.3 is 0 Å². The Bertz CT molecular complexity index is 500. The van der Waals surface area contributed by atoms with Crippen LogP contribution in [-0.4, -0.2) is 22.1 Å². The van der Waals surface area contributed by atoms with Crippen LogP contribution >= 0.6 is 11.8 Å². The fourth-order valence-corrected chi connectivity index (χ4v) is 1.82. The molecule has 0 aliphatic carbocycles. The summed E-state index contributed by atoms with van der Waals surface area (Å²) in [5.74, 6) is 0.348. The number of hydrogen-bond donors (Lipinski definition) is 1. The molecular formula is C9H10N4O2S. The molecule has 2 aromatic rings. The number of nitrogen functional groups attached to an aromatic ring is 1. The second kappa shape index (κ2) is 4.40. The van der Waals surface area contributed by atoms with Crippen molar-refractivity contribution < 1.29 is 9.15 Å². The molecule has 0 bridgehead atoms. The van der Waals surface area contributed by atoms with Gasteiger partial charge < -0.3 is 14.9 Å². The lowest BCUT2D eigenvalue weighted by atomic mass is 10.5. The van der Waals surface area contributed by atoms with E-state index in [1.165, 1.54) is 25.2 Å². The minimum Gasteiger partial charge on any atom is -0.479 e. The number of anilines is 1. The molecule has 0 saturated carbocycles. The molecule has 2 aromatic heterocycles. The summed E-state index contributed by atoms with van der Waals surface area (Å²) in [6.45, 7) is 1.84. The number of aromatic nitrogens is 3. The molecule has 0 atom stereocenters. The minimum atomic E-state index is 0.348. The summed E-state index contributed by atoms with van der Waals surface area (Å²) in [5, 5.41) is 1.05. The molecule has 0 amide bonds. The number of aryl methyl sites for hydroxylation is 1. The molecule has 16 heavy (non-hydrogen) atoms. The maximum absolute atomic E-state index is 5.81. The van der Waals surface area contributed by atoms with Crippen molar-refractivity contribution in [3.63, 3.8) is 0 Å². The van der Waals surface area contributed by atoms with Gasteiger partial charge in [-0.25, -0.2) is 9.97 Å². The Morgan fingerprint density at radius 3 is 2.88 bits per heavy atom. The van der Waals surface area contributed by atoms with Crippen molar-refractivity contribution in [2.24, 2.45) is 0 Å². The van der Waals surface area contributed by atoms with Crippen molar-refractivity contribution in [1.82, 2.24) is 15.0 Å². The Morgan fingerprint density at radius 2 is 2.25 bits per heavy atom. The first-order chi connectivity index (χ1) is 7.70. The average molecular weight is 238 g/mol. The van der Waals surface area contributed by atoms with E-state index in [1.54, 1.807) is 6.26 Å². The van der Waals surface area contributed by atoms with Crippen LogP contribution in [0.2, 0.25) is 0 Å². The van der Waals surface area contributed by atoms with E-state index < -0.39 is 0 Å². The highest BCUT2D eigenvalue weighted by Gasteiger charge is 2.12. The molecular weight excluding hydrogens is 228 g/mol. The molecule has 2 N–H and O–H groups in total. The monoisotopic (exact) mass is 238 g/mol. The maximum atomic E-state index is 5.81. The van der Waals surface area contributed by atoms with Crippen molar-refractivity contribution in [2.75, 3.05) is 12.8 Å². The van der Waals surface area contributed by atoms with Gasteiger partial charge in [-0.3, -0.25) is 0 Å². The largest absolute Gasteiger partial charge is 0.479 e. The van der Waals surface area contributed by atoms with Gasteiger partial charge in [-0.15, -0.1) is 0 Å². The molecule has 0 aliphatic rings. The Morgan fingerprint density at radius 1 is 1.44 bits per heavy atom. The second-order valence-electron chi connectivity index (χ2n) is 2.96. The van der Waals surface area contributed by atoms with E-state index >= 15 is 0 Å². The van der Waals surface area contributed by atoms with Gasteiger partial charge in [0.05, 0.1) is 12.8 Å². The minimum absolute atomic E-state index is 0.348. The third kappa shape index (κ3) is 2.08. The van der Waals surface area contributed by atoms with Crippen LogP contribution in [0.1, 0.15) is 5.69 Å². The second-order valence-corrected chi connectivity index (χ2v) is 3.90. The van der Waals surface area contributed by atoms with Gasteiger partial charge in [-0.05, 0) is 18.7 Å². The smallest absolute Gasteiger partial charge is 0.262 e. The van der Waals surface area contributed by atoms with Gasteiger partial charge in [0.2, 0.25) is 5.88 Å². The van der Waals surface area contributed by atoms with Gasteiger partial charge in [0.1, 0.15) is 23.3 Å². The molecule has 7 heteroatoms. The number of methoxy groups -OCH3 is 1. The van der Waals surface area contributed by atoms with Gasteiger partial charge in [-0.1, -0.05) is 0 Å². The Balaban J connectivity index is 2.28. The zero-order valence-electron chi connectivity index (χ0n) is 8.80. The van der Waals surface area contributed by atoms with E-state index in [0.717, 1.165) is 5.69 Å². The first-order valence-corrected chi connectivity index (χ1v) is 5.27. The SMILES string of the molecule is COc1ncnc(Sc2nc(C)co2)c1N. The van der Waals surface area contributed by atoms with E-state index in [-0.39, 0.29) is 0 Å². The van der Waals surface area contributed by atoms with Gasteiger partial charge in [0.15, 0.2) is 0 Å². The molecule has 0 aliphatic heterocycles. The molecule has 0 spiro atoms. The van der Waals surface area contributed by atoms with Crippen LogP contribution in [-0.2, 0) is 0 Å². The topological polar surface area (TPSA) is 87.1 Å². The van der Waals surface area contributed by atoms with Crippen molar-refractivity contribution in [1.29, 1.82) is 0 Å². The van der Waals surface area contributed by atoms with Crippen LogP contribution < -0.4 is 10.5 Å². The first-order valence-electron chi connectivity index (χ1n) is 4.45. The fourth-order valence-electron chi connectivity index (χ4n) is 1.07. The zero-order chi connectivity index (χ0) is 11.5. The van der Waals surface area contributed by atoms with Crippen molar-refractivity contribution in [3.8, 4) is 5.88 Å². The number of ether oxygens (including phenoxy) is 1. The van der Waals surface area contributed by atoms with Crippen molar-refractivity contribution >= 4 is 17.4 Å². The normalized spacial score (nSPS) is 10.4. The quantitative estimate of drug-likeness (QED) is 0.811. The van der Waals surface area contributed by atoms with E-state index in [9.17, 15) is 0 Å². The highest BCUT2D eigenvalue weighted by Crippen LogP contribution is 2.32. The molecule has 2 heterocycles. The molecule has 0 aromatic carbocycles. The number of oxazole rings is 1. The predicted octanol–water partition coefficient (Wildman–Crippen LogP) is 1.52. The number of hydrogen-bond acceptors (Lipinski definition) is 7. The lowest BCUT2D eigenvalue weighted by Crippen LogP contribution is -1.99. The van der Waals surface area contributed by atoms with E-state index in [0.29, 0.717) is 21.8 Å². The number of rotatable bonds is 3. The first kappa shape index (κ1) is 10.7. The van der Waals surface area contributed by atoms with Gasteiger partial charge in [-0.2, -0.15) is 4.98 Å². The standard InChI is InChI=1S/C9H10N4O2S/c1-5-3-15-9(13-5)16-8-6(10)7(14-2)11-4-12-8/h3-4H,10H2,1-2H3. The third-order valence-corrected chi connectivity index (χ3v) is 2.67. The molecule has 0 unspecified atom stereocenters. The van der Waals surface area contributed by atoms with Crippen LogP contribution in [0.5, 0.6) is 5.88 Å². The summed E-state index contributed by atoms with van der Waals surface area (Å²) in [4.78, 5) is 12.1.